The molecule has 138 valence electrons. The van der Waals surface area contributed by atoms with E-state index in [1.54, 1.807) is 7.11 Å². The molecule has 0 bridgehead atoms. The van der Waals surface area contributed by atoms with Gasteiger partial charge in [0.25, 0.3) is 0 Å². The summed E-state index contributed by atoms with van der Waals surface area (Å²) in [6.45, 7) is 4.84. The molecule has 0 radical (unpaired) electrons. The third kappa shape index (κ3) is 4.85. The zero-order valence-electron chi connectivity index (χ0n) is 15.7. The Morgan fingerprint density at radius 1 is 1.15 bits per heavy atom. The molecule has 1 atom stereocenters. The van der Waals surface area contributed by atoms with Crippen molar-refractivity contribution in [2.24, 2.45) is 0 Å². The van der Waals surface area contributed by atoms with Gasteiger partial charge in [-0.25, -0.2) is 0 Å². The van der Waals surface area contributed by atoms with Gasteiger partial charge >= 0.3 is 0 Å². The van der Waals surface area contributed by atoms with Crippen LogP contribution in [0, 0.1) is 6.92 Å². The van der Waals surface area contributed by atoms with Crippen molar-refractivity contribution in [3.05, 3.63) is 65.2 Å². The Morgan fingerprint density at radius 2 is 1.88 bits per heavy atom. The van der Waals surface area contributed by atoms with Crippen molar-refractivity contribution in [2.45, 2.75) is 32.2 Å². The lowest BCUT2D eigenvalue weighted by Gasteiger charge is -2.28. The quantitative estimate of drug-likeness (QED) is 0.829. The fourth-order valence-corrected chi connectivity index (χ4v) is 3.52. The lowest BCUT2D eigenvalue weighted by Crippen LogP contribution is -2.37. The molecule has 1 aliphatic heterocycles. The second-order valence-corrected chi connectivity index (χ2v) is 7.00. The topological polar surface area (TPSA) is 41.6 Å². The zero-order chi connectivity index (χ0) is 18.4. The van der Waals surface area contributed by atoms with E-state index in [1.807, 2.05) is 36.4 Å². The van der Waals surface area contributed by atoms with Crippen LogP contribution in [0.4, 0.5) is 0 Å². The first-order chi connectivity index (χ1) is 12.7. The maximum Gasteiger partial charge on any atom is 0.224 e. The maximum absolute atomic E-state index is 12.4. The van der Waals surface area contributed by atoms with Gasteiger partial charge in [-0.05, 0) is 56.1 Å². The molecular formula is C22H28N2O2. The summed E-state index contributed by atoms with van der Waals surface area (Å²) in [6.07, 6.45) is 2.86. The molecule has 26 heavy (non-hydrogen) atoms. The number of hydrogen-bond donors (Lipinski definition) is 1. The number of nitrogens with one attached hydrogen (secondary N) is 1. The van der Waals surface area contributed by atoms with Gasteiger partial charge in [-0.2, -0.15) is 0 Å². The van der Waals surface area contributed by atoms with Crippen molar-refractivity contribution >= 4 is 5.91 Å². The van der Waals surface area contributed by atoms with Crippen LogP contribution in [0.15, 0.2) is 48.5 Å². The van der Waals surface area contributed by atoms with Crippen molar-refractivity contribution in [1.29, 1.82) is 0 Å². The highest BCUT2D eigenvalue weighted by atomic mass is 16.5. The Balaban J connectivity index is 1.65. The number of carbonyl (C=O) groups is 1. The number of likely N-dealkylation sites (tertiary alicyclic amines) is 1. The standard InChI is InChI=1S/C22H28N2O2/c1-17-8-10-18(11-9-17)14-22(25)23-16-21(24-12-3-4-13-24)19-6-5-7-20(15-19)26-2/h5-11,15,21H,3-4,12-14,16H2,1-2H3,(H,23,25). The summed E-state index contributed by atoms with van der Waals surface area (Å²) >= 11 is 0. The van der Waals surface area contributed by atoms with Crippen LogP contribution in [0.5, 0.6) is 5.75 Å². The van der Waals surface area contributed by atoms with Gasteiger partial charge in [-0.1, -0.05) is 42.0 Å². The molecule has 1 saturated heterocycles. The summed E-state index contributed by atoms with van der Waals surface area (Å²) in [5.41, 5.74) is 3.45. The molecule has 1 N–H and O–H groups in total. The number of ether oxygens (including phenoxy) is 1. The first-order valence-electron chi connectivity index (χ1n) is 9.36. The average Bonchev–Trinajstić information content (AvgIpc) is 3.18. The third-order valence-electron chi connectivity index (χ3n) is 5.04. The van der Waals surface area contributed by atoms with Gasteiger partial charge in [0, 0.05) is 6.54 Å². The molecule has 4 heteroatoms. The molecule has 1 aliphatic rings. The summed E-state index contributed by atoms with van der Waals surface area (Å²) in [5.74, 6) is 0.929. The second kappa shape index (κ2) is 8.86. The van der Waals surface area contributed by atoms with Gasteiger partial charge in [0.2, 0.25) is 5.91 Å². The molecule has 2 aromatic carbocycles. The van der Waals surface area contributed by atoms with E-state index in [-0.39, 0.29) is 11.9 Å². The van der Waals surface area contributed by atoms with Crippen LogP contribution in [0.1, 0.15) is 35.6 Å². The average molecular weight is 352 g/mol. The number of carbonyl (C=O) groups excluding carboxylic acids is 1. The van der Waals surface area contributed by atoms with Crippen molar-refractivity contribution in [1.82, 2.24) is 10.2 Å². The smallest absolute Gasteiger partial charge is 0.224 e. The number of rotatable bonds is 7. The van der Waals surface area contributed by atoms with Crippen LogP contribution >= 0.6 is 0 Å². The van der Waals surface area contributed by atoms with E-state index in [2.05, 4.69) is 29.3 Å². The number of amides is 1. The van der Waals surface area contributed by atoms with E-state index in [4.69, 9.17) is 4.74 Å². The molecule has 3 rings (SSSR count). The van der Waals surface area contributed by atoms with E-state index < -0.39 is 0 Å². The summed E-state index contributed by atoms with van der Waals surface area (Å²) in [7, 11) is 1.69. The zero-order valence-corrected chi connectivity index (χ0v) is 15.7. The molecule has 1 amide bonds. The highest BCUT2D eigenvalue weighted by Gasteiger charge is 2.24. The lowest BCUT2D eigenvalue weighted by atomic mass is 10.0. The number of hydrogen-bond acceptors (Lipinski definition) is 3. The molecule has 0 aromatic heterocycles. The van der Waals surface area contributed by atoms with E-state index in [1.165, 1.54) is 24.0 Å². The van der Waals surface area contributed by atoms with Crippen molar-refractivity contribution in [3.8, 4) is 5.75 Å². The molecular weight excluding hydrogens is 324 g/mol. The largest absolute Gasteiger partial charge is 0.497 e. The first-order valence-corrected chi connectivity index (χ1v) is 9.36. The Morgan fingerprint density at radius 3 is 2.58 bits per heavy atom. The number of nitrogens with zero attached hydrogens (tertiary/aromatic N) is 1. The number of methoxy groups -OCH3 is 1. The molecule has 1 unspecified atom stereocenters. The van der Waals surface area contributed by atoms with E-state index in [0.717, 1.165) is 24.4 Å². The molecule has 0 spiro atoms. The Hall–Kier alpha value is -2.33. The van der Waals surface area contributed by atoms with Crippen molar-refractivity contribution in [2.75, 3.05) is 26.7 Å². The van der Waals surface area contributed by atoms with Gasteiger partial charge in [-0.3, -0.25) is 9.69 Å². The maximum atomic E-state index is 12.4. The van der Waals surface area contributed by atoms with Crippen molar-refractivity contribution in [3.63, 3.8) is 0 Å². The van der Waals surface area contributed by atoms with Gasteiger partial charge < -0.3 is 10.1 Å². The van der Waals surface area contributed by atoms with Crippen LogP contribution in [0.3, 0.4) is 0 Å². The summed E-state index contributed by atoms with van der Waals surface area (Å²) in [6, 6.07) is 16.5. The van der Waals surface area contributed by atoms with Crippen LogP contribution in [0.25, 0.3) is 0 Å². The highest BCUT2D eigenvalue weighted by molar-refractivity contribution is 5.78. The molecule has 1 fully saturated rings. The summed E-state index contributed by atoms with van der Waals surface area (Å²) in [4.78, 5) is 14.9. The Kier molecular flexibility index (Phi) is 6.29. The molecule has 0 aliphatic carbocycles. The Bertz CT molecular complexity index is 721. The van der Waals surface area contributed by atoms with Crippen LogP contribution in [-0.2, 0) is 11.2 Å². The van der Waals surface area contributed by atoms with Crippen LogP contribution in [-0.4, -0.2) is 37.6 Å². The minimum Gasteiger partial charge on any atom is -0.497 e. The van der Waals surface area contributed by atoms with E-state index >= 15 is 0 Å². The fraction of sp³-hybridized carbons (Fsp3) is 0.409. The van der Waals surface area contributed by atoms with Gasteiger partial charge in [-0.15, -0.1) is 0 Å². The lowest BCUT2D eigenvalue weighted by molar-refractivity contribution is -0.120. The SMILES string of the molecule is COc1cccc(C(CNC(=O)Cc2ccc(C)cc2)N2CCCC2)c1. The second-order valence-electron chi connectivity index (χ2n) is 7.00. The van der Waals surface area contributed by atoms with Gasteiger partial charge in [0.15, 0.2) is 0 Å². The molecule has 4 nitrogen and oxygen atoms in total. The van der Waals surface area contributed by atoms with Crippen molar-refractivity contribution < 1.29 is 9.53 Å². The van der Waals surface area contributed by atoms with Gasteiger partial charge in [0.05, 0.1) is 19.6 Å². The Labute approximate surface area is 156 Å². The third-order valence-corrected chi connectivity index (χ3v) is 5.04. The van der Waals surface area contributed by atoms with E-state index in [9.17, 15) is 4.79 Å². The number of aryl methyl sites for hydroxylation is 1. The molecule has 2 aromatic rings. The van der Waals surface area contributed by atoms with Crippen LogP contribution < -0.4 is 10.1 Å². The minimum absolute atomic E-state index is 0.0703. The summed E-state index contributed by atoms with van der Waals surface area (Å²) in [5, 5.41) is 3.14. The fourth-order valence-electron chi connectivity index (χ4n) is 3.52. The predicted octanol–water partition coefficient (Wildman–Crippen LogP) is 3.50. The molecule has 1 heterocycles. The first kappa shape index (κ1) is 18.5. The van der Waals surface area contributed by atoms with Crippen LogP contribution in [0.2, 0.25) is 0 Å². The van der Waals surface area contributed by atoms with Gasteiger partial charge in [0.1, 0.15) is 5.75 Å². The number of benzene rings is 2. The monoisotopic (exact) mass is 352 g/mol. The predicted molar refractivity (Wildman–Crippen MR) is 104 cm³/mol. The van der Waals surface area contributed by atoms with E-state index in [0.29, 0.717) is 13.0 Å². The summed E-state index contributed by atoms with van der Waals surface area (Å²) < 4.78 is 5.38. The normalized spacial score (nSPS) is 15.6. The highest BCUT2D eigenvalue weighted by Crippen LogP contribution is 2.27. The minimum atomic E-state index is 0.0703. The molecule has 0 saturated carbocycles.